The van der Waals surface area contributed by atoms with E-state index in [-0.39, 0.29) is 11.8 Å². The highest BCUT2D eigenvalue weighted by molar-refractivity contribution is 5.95. The van der Waals surface area contributed by atoms with Gasteiger partial charge in [0, 0.05) is 24.9 Å². The molecule has 0 fully saturated rings. The van der Waals surface area contributed by atoms with E-state index in [0.29, 0.717) is 5.56 Å². The number of carbonyl (C=O) groups is 1. The zero-order chi connectivity index (χ0) is 13.7. The molecule has 0 radical (unpaired) electrons. The van der Waals surface area contributed by atoms with E-state index < -0.39 is 6.17 Å². The first kappa shape index (κ1) is 14.4. The van der Waals surface area contributed by atoms with Crippen molar-refractivity contribution in [1.29, 1.82) is 0 Å². The van der Waals surface area contributed by atoms with E-state index in [0.717, 1.165) is 18.5 Å². The lowest BCUT2D eigenvalue weighted by Gasteiger charge is -2.19. The van der Waals surface area contributed by atoms with E-state index in [4.69, 9.17) is 0 Å². The van der Waals surface area contributed by atoms with Crippen LogP contribution in [0.3, 0.4) is 0 Å². The molecular weight excluding hydrogens is 230 g/mol. The topological polar surface area (TPSA) is 63.5 Å². The van der Waals surface area contributed by atoms with Crippen LogP contribution in [-0.2, 0) is 7.05 Å². The Bertz CT molecular complexity index is 422. The number of nitrogens with zero attached hydrogens (tertiary/aromatic N) is 2. The monoisotopic (exact) mass is 251 g/mol. The average molecular weight is 251 g/mol. The normalized spacial score (nSPS) is 12.5. The zero-order valence-corrected chi connectivity index (χ0v) is 11.4. The summed E-state index contributed by atoms with van der Waals surface area (Å²) >= 11 is 0. The molecule has 100 valence electrons. The maximum atomic E-state index is 12.1. The van der Waals surface area contributed by atoms with Gasteiger partial charge >= 0.3 is 0 Å². The lowest BCUT2D eigenvalue weighted by atomic mass is 10.00. The van der Waals surface area contributed by atoms with E-state index in [9.17, 15) is 9.70 Å². The van der Waals surface area contributed by atoms with Crippen molar-refractivity contribution in [1.82, 2.24) is 9.88 Å². The van der Waals surface area contributed by atoms with Gasteiger partial charge < -0.3 is 9.88 Å². The number of aromatic nitrogens is 1. The standard InChI is InChI=1S/C13H21N3O2/c1-5-10(6-2)12(15-18)14-13(17)11-7-8-16(4)9(11)3/h7-8,10,12H,5-6H2,1-4H3,(H,14,17). The lowest BCUT2D eigenvalue weighted by Crippen LogP contribution is -2.38. The summed E-state index contributed by atoms with van der Waals surface area (Å²) in [6.07, 6.45) is 2.82. The van der Waals surface area contributed by atoms with Gasteiger partial charge in [-0.3, -0.25) is 4.79 Å². The maximum absolute atomic E-state index is 12.1. The summed E-state index contributed by atoms with van der Waals surface area (Å²) in [5, 5.41) is 5.75. The third-order valence-electron chi connectivity index (χ3n) is 3.52. The van der Waals surface area contributed by atoms with Gasteiger partial charge in [0.25, 0.3) is 5.91 Å². The van der Waals surface area contributed by atoms with Crippen LogP contribution in [0.5, 0.6) is 0 Å². The van der Waals surface area contributed by atoms with Crippen LogP contribution in [0, 0.1) is 17.7 Å². The molecule has 0 spiro atoms. The van der Waals surface area contributed by atoms with Crippen molar-refractivity contribution in [2.45, 2.75) is 39.8 Å². The summed E-state index contributed by atoms with van der Waals surface area (Å²) < 4.78 is 1.87. The first-order valence-corrected chi connectivity index (χ1v) is 6.30. The largest absolute Gasteiger partial charge is 0.354 e. The second kappa shape index (κ2) is 6.33. The molecule has 1 heterocycles. The third-order valence-corrected chi connectivity index (χ3v) is 3.52. The Morgan fingerprint density at radius 2 is 2.06 bits per heavy atom. The smallest absolute Gasteiger partial charge is 0.254 e. The van der Waals surface area contributed by atoms with Gasteiger partial charge in [0.15, 0.2) is 6.17 Å². The van der Waals surface area contributed by atoms with E-state index in [2.05, 4.69) is 10.5 Å². The van der Waals surface area contributed by atoms with Gasteiger partial charge in [-0.05, 0) is 31.0 Å². The van der Waals surface area contributed by atoms with Crippen LogP contribution < -0.4 is 5.32 Å². The van der Waals surface area contributed by atoms with Gasteiger partial charge in [0.05, 0.1) is 5.56 Å². The van der Waals surface area contributed by atoms with Crippen LogP contribution in [0.15, 0.2) is 17.4 Å². The molecule has 0 saturated carbocycles. The summed E-state index contributed by atoms with van der Waals surface area (Å²) in [4.78, 5) is 22.9. The van der Waals surface area contributed by atoms with Gasteiger partial charge in [-0.2, -0.15) is 0 Å². The summed E-state index contributed by atoms with van der Waals surface area (Å²) in [6, 6.07) is 1.75. The average Bonchev–Trinajstić information content (AvgIpc) is 2.70. The molecule has 0 bridgehead atoms. The molecule has 0 saturated heterocycles. The predicted molar refractivity (Wildman–Crippen MR) is 71.3 cm³/mol. The minimum atomic E-state index is -0.646. The van der Waals surface area contributed by atoms with E-state index >= 15 is 0 Å². The van der Waals surface area contributed by atoms with Crippen molar-refractivity contribution in [2.24, 2.45) is 18.1 Å². The van der Waals surface area contributed by atoms with E-state index in [1.54, 1.807) is 6.07 Å². The molecule has 1 aromatic rings. The Morgan fingerprint density at radius 1 is 1.44 bits per heavy atom. The molecule has 1 unspecified atom stereocenters. The molecule has 1 N–H and O–H groups in total. The SMILES string of the molecule is CCC(CC)C(N=O)NC(=O)c1ccn(C)c1C. The Balaban J connectivity index is 2.79. The molecule has 1 aromatic heterocycles. The molecule has 1 atom stereocenters. The molecule has 0 aliphatic rings. The van der Waals surface area contributed by atoms with Crippen molar-refractivity contribution >= 4 is 5.91 Å². The van der Waals surface area contributed by atoms with Crippen LogP contribution in [0.1, 0.15) is 42.7 Å². The number of nitrogens with one attached hydrogen (secondary N) is 1. The predicted octanol–water partition coefficient (Wildman–Crippen LogP) is 2.59. The quantitative estimate of drug-likeness (QED) is 0.790. The van der Waals surface area contributed by atoms with Crippen LogP contribution in [0.4, 0.5) is 0 Å². The van der Waals surface area contributed by atoms with Gasteiger partial charge in [-0.25, -0.2) is 0 Å². The fourth-order valence-corrected chi connectivity index (χ4v) is 2.03. The molecule has 0 aromatic carbocycles. The van der Waals surface area contributed by atoms with Gasteiger partial charge in [0.2, 0.25) is 0 Å². The van der Waals surface area contributed by atoms with E-state index in [1.807, 2.05) is 38.6 Å². The van der Waals surface area contributed by atoms with Gasteiger partial charge in [-0.1, -0.05) is 13.8 Å². The third kappa shape index (κ3) is 2.97. The Kier molecular flexibility index (Phi) is 5.07. The number of aryl methyl sites for hydroxylation is 1. The second-order valence-corrected chi connectivity index (χ2v) is 4.53. The summed E-state index contributed by atoms with van der Waals surface area (Å²) in [5.74, 6) is -0.139. The Morgan fingerprint density at radius 3 is 2.44 bits per heavy atom. The van der Waals surface area contributed by atoms with Gasteiger partial charge in [-0.15, -0.1) is 4.91 Å². The number of rotatable bonds is 6. The highest BCUT2D eigenvalue weighted by Gasteiger charge is 2.23. The minimum absolute atomic E-state index is 0.0930. The number of carbonyl (C=O) groups excluding carboxylic acids is 1. The summed E-state index contributed by atoms with van der Waals surface area (Å²) in [7, 11) is 1.88. The number of hydrogen-bond donors (Lipinski definition) is 1. The van der Waals surface area contributed by atoms with Crippen LogP contribution in [0.2, 0.25) is 0 Å². The van der Waals surface area contributed by atoms with Crippen molar-refractivity contribution in [3.8, 4) is 0 Å². The van der Waals surface area contributed by atoms with Crippen molar-refractivity contribution in [3.05, 3.63) is 28.4 Å². The maximum Gasteiger partial charge on any atom is 0.254 e. The number of amides is 1. The highest BCUT2D eigenvalue weighted by atomic mass is 16.3. The fraction of sp³-hybridized carbons (Fsp3) is 0.615. The molecular formula is C13H21N3O2. The Hall–Kier alpha value is -1.65. The molecule has 5 nitrogen and oxygen atoms in total. The van der Waals surface area contributed by atoms with Crippen LogP contribution in [0.25, 0.3) is 0 Å². The van der Waals surface area contributed by atoms with Crippen molar-refractivity contribution in [3.63, 3.8) is 0 Å². The first-order chi connectivity index (χ1) is 8.54. The molecule has 1 rings (SSSR count). The summed E-state index contributed by atoms with van der Waals surface area (Å²) in [5.41, 5.74) is 1.47. The van der Waals surface area contributed by atoms with Crippen molar-refractivity contribution in [2.75, 3.05) is 0 Å². The molecule has 0 aliphatic heterocycles. The summed E-state index contributed by atoms with van der Waals surface area (Å²) in [6.45, 7) is 5.86. The first-order valence-electron chi connectivity index (χ1n) is 6.30. The fourth-order valence-electron chi connectivity index (χ4n) is 2.03. The van der Waals surface area contributed by atoms with E-state index in [1.165, 1.54) is 0 Å². The number of nitroso groups, excluding NO2 is 1. The van der Waals surface area contributed by atoms with Crippen LogP contribution >= 0.6 is 0 Å². The lowest BCUT2D eigenvalue weighted by molar-refractivity contribution is 0.0921. The number of hydrogen-bond acceptors (Lipinski definition) is 3. The highest BCUT2D eigenvalue weighted by Crippen LogP contribution is 2.15. The molecule has 5 heteroatoms. The molecule has 0 aliphatic carbocycles. The van der Waals surface area contributed by atoms with Gasteiger partial charge in [0.1, 0.15) is 0 Å². The van der Waals surface area contributed by atoms with Crippen LogP contribution in [-0.4, -0.2) is 16.6 Å². The zero-order valence-electron chi connectivity index (χ0n) is 11.4. The Labute approximate surface area is 108 Å². The van der Waals surface area contributed by atoms with Crippen molar-refractivity contribution < 1.29 is 4.79 Å². The minimum Gasteiger partial charge on any atom is -0.354 e. The second-order valence-electron chi connectivity index (χ2n) is 4.53. The molecule has 18 heavy (non-hydrogen) atoms. The molecule has 1 amide bonds.